The Morgan fingerprint density at radius 2 is 1.65 bits per heavy atom. The topological polar surface area (TPSA) is 58.2 Å². The molecule has 0 amide bonds. The minimum atomic E-state index is -3.09. The summed E-state index contributed by atoms with van der Waals surface area (Å²) in [5.74, 6) is 1.27. The van der Waals surface area contributed by atoms with Gasteiger partial charge in [-0.15, -0.1) is 0 Å². The summed E-state index contributed by atoms with van der Waals surface area (Å²) in [5.41, 5.74) is 0. The van der Waals surface area contributed by atoms with E-state index < -0.39 is 10.0 Å². The van der Waals surface area contributed by atoms with Crippen molar-refractivity contribution < 1.29 is 8.42 Å². The second kappa shape index (κ2) is 7.23. The largest absolute Gasteiger partial charge is 0.314 e. The Morgan fingerprint density at radius 3 is 2.30 bits per heavy atom. The molecule has 2 fully saturated rings. The predicted octanol–water partition coefficient (Wildman–Crippen LogP) is 2.26. The summed E-state index contributed by atoms with van der Waals surface area (Å²) in [5, 5.41) is 3.68. The monoisotopic (exact) mass is 302 g/mol. The van der Waals surface area contributed by atoms with Crippen molar-refractivity contribution in [2.24, 2.45) is 11.8 Å². The van der Waals surface area contributed by atoms with Crippen molar-refractivity contribution in [2.75, 3.05) is 12.8 Å². The van der Waals surface area contributed by atoms with Crippen LogP contribution in [-0.2, 0) is 10.0 Å². The molecule has 2 aliphatic rings. The molecule has 0 aromatic rings. The van der Waals surface area contributed by atoms with Crippen molar-refractivity contribution in [2.45, 2.75) is 70.4 Å². The zero-order valence-electron chi connectivity index (χ0n) is 12.9. The van der Waals surface area contributed by atoms with Crippen LogP contribution in [0.25, 0.3) is 0 Å². The van der Waals surface area contributed by atoms with Gasteiger partial charge in [0.25, 0.3) is 0 Å². The molecule has 0 heterocycles. The van der Waals surface area contributed by atoms with Crippen LogP contribution < -0.4 is 10.0 Å². The van der Waals surface area contributed by atoms with Gasteiger partial charge >= 0.3 is 0 Å². The van der Waals surface area contributed by atoms with E-state index in [0.717, 1.165) is 31.7 Å². The first-order chi connectivity index (χ1) is 9.46. The summed E-state index contributed by atoms with van der Waals surface area (Å²) in [6.45, 7) is 3.24. The minimum absolute atomic E-state index is 0.127. The van der Waals surface area contributed by atoms with Crippen LogP contribution in [0.5, 0.6) is 0 Å². The number of rotatable bonds is 6. The molecule has 0 aromatic carbocycles. The summed E-state index contributed by atoms with van der Waals surface area (Å²) < 4.78 is 25.8. The Balaban J connectivity index is 1.82. The molecule has 3 unspecified atom stereocenters. The summed E-state index contributed by atoms with van der Waals surface area (Å²) in [6, 6.07) is 0.695. The highest BCUT2D eigenvalue weighted by molar-refractivity contribution is 7.88. The summed E-state index contributed by atoms with van der Waals surface area (Å²) in [7, 11) is -3.09. The first kappa shape index (κ1) is 16.2. The lowest BCUT2D eigenvalue weighted by molar-refractivity contribution is 0.259. The second-order valence-corrected chi connectivity index (χ2v) is 8.56. The van der Waals surface area contributed by atoms with E-state index in [0.29, 0.717) is 12.0 Å². The third-order valence-corrected chi connectivity index (χ3v) is 5.81. The van der Waals surface area contributed by atoms with Gasteiger partial charge in [-0.2, -0.15) is 0 Å². The lowest BCUT2D eigenvalue weighted by atomic mass is 9.84. The normalized spacial score (nSPS) is 30.5. The van der Waals surface area contributed by atoms with Crippen LogP contribution in [0.3, 0.4) is 0 Å². The van der Waals surface area contributed by atoms with Crippen LogP contribution in [0.2, 0.25) is 0 Å². The van der Waals surface area contributed by atoms with Gasteiger partial charge in [-0.25, -0.2) is 13.1 Å². The van der Waals surface area contributed by atoms with Crippen molar-refractivity contribution in [3.8, 4) is 0 Å². The summed E-state index contributed by atoms with van der Waals surface area (Å²) >= 11 is 0. The molecule has 0 aliphatic heterocycles. The van der Waals surface area contributed by atoms with Gasteiger partial charge in [0.2, 0.25) is 10.0 Å². The van der Waals surface area contributed by atoms with Gasteiger partial charge in [0.15, 0.2) is 0 Å². The molecule has 3 atom stereocenters. The average Bonchev–Trinajstić information content (AvgIpc) is 2.89. The number of nitrogens with one attached hydrogen (secondary N) is 2. The lowest BCUT2D eigenvalue weighted by Crippen LogP contribution is -2.47. The number of sulfonamides is 1. The zero-order chi connectivity index (χ0) is 14.6. The van der Waals surface area contributed by atoms with Gasteiger partial charge in [0.05, 0.1) is 6.26 Å². The number of hydrogen-bond acceptors (Lipinski definition) is 3. The molecule has 5 heteroatoms. The molecule has 20 heavy (non-hydrogen) atoms. The van der Waals surface area contributed by atoms with Crippen molar-refractivity contribution in [1.29, 1.82) is 0 Å². The van der Waals surface area contributed by atoms with Gasteiger partial charge < -0.3 is 5.32 Å². The van der Waals surface area contributed by atoms with Gasteiger partial charge in [0, 0.05) is 12.1 Å². The van der Waals surface area contributed by atoms with Crippen molar-refractivity contribution in [3.05, 3.63) is 0 Å². The Hall–Kier alpha value is -0.130. The summed E-state index contributed by atoms with van der Waals surface area (Å²) in [4.78, 5) is 0. The van der Waals surface area contributed by atoms with Crippen molar-refractivity contribution in [1.82, 2.24) is 10.0 Å². The molecule has 2 saturated carbocycles. The molecule has 0 bridgehead atoms. The van der Waals surface area contributed by atoms with Crippen LogP contribution in [0, 0.1) is 11.8 Å². The summed E-state index contributed by atoms with van der Waals surface area (Å²) in [6.07, 6.45) is 11.2. The molecule has 118 valence electrons. The average molecular weight is 302 g/mol. The molecular weight excluding hydrogens is 272 g/mol. The Bertz CT molecular complexity index is 391. The molecule has 0 saturated heterocycles. The molecule has 2 aliphatic carbocycles. The predicted molar refractivity (Wildman–Crippen MR) is 83.1 cm³/mol. The van der Waals surface area contributed by atoms with Crippen LogP contribution in [0.1, 0.15) is 58.3 Å². The lowest BCUT2D eigenvalue weighted by Gasteiger charge is -2.33. The van der Waals surface area contributed by atoms with Crippen LogP contribution in [0.15, 0.2) is 0 Å². The van der Waals surface area contributed by atoms with Crippen LogP contribution >= 0.6 is 0 Å². The van der Waals surface area contributed by atoms with E-state index in [2.05, 4.69) is 17.0 Å². The molecule has 4 nitrogen and oxygen atoms in total. The highest BCUT2D eigenvalue weighted by Crippen LogP contribution is 2.29. The van der Waals surface area contributed by atoms with E-state index in [1.165, 1.54) is 38.4 Å². The first-order valence-corrected chi connectivity index (χ1v) is 10.1. The van der Waals surface area contributed by atoms with E-state index in [9.17, 15) is 8.42 Å². The molecule has 0 aromatic heterocycles. The highest BCUT2D eigenvalue weighted by atomic mass is 32.2. The van der Waals surface area contributed by atoms with E-state index in [-0.39, 0.29) is 6.04 Å². The fourth-order valence-corrected chi connectivity index (χ4v) is 4.70. The molecule has 0 spiro atoms. The highest BCUT2D eigenvalue weighted by Gasteiger charge is 2.28. The van der Waals surface area contributed by atoms with Gasteiger partial charge in [-0.1, -0.05) is 25.7 Å². The first-order valence-electron chi connectivity index (χ1n) is 8.16. The van der Waals surface area contributed by atoms with E-state index in [1.54, 1.807) is 0 Å². The molecule has 0 radical (unpaired) electrons. The van der Waals surface area contributed by atoms with Crippen molar-refractivity contribution in [3.63, 3.8) is 0 Å². The van der Waals surface area contributed by atoms with Gasteiger partial charge in [-0.05, 0) is 51.0 Å². The molecule has 2 rings (SSSR count). The smallest absolute Gasteiger partial charge is 0.208 e. The van der Waals surface area contributed by atoms with Crippen molar-refractivity contribution >= 4 is 10.0 Å². The van der Waals surface area contributed by atoms with Crippen LogP contribution in [0.4, 0.5) is 0 Å². The fourth-order valence-electron chi connectivity index (χ4n) is 3.84. The Labute approximate surface area is 124 Å². The van der Waals surface area contributed by atoms with E-state index in [4.69, 9.17) is 0 Å². The van der Waals surface area contributed by atoms with Gasteiger partial charge in [-0.3, -0.25) is 0 Å². The van der Waals surface area contributed by atoms with E-state index in [1.807, 2.05) is 0 Å². The quantitative estimate of drug-likeness (QED) is 0.791. The number of hydrogen-bond donors (Lipinski definition) is 2. The Kier molecular flexibility index (Phi) is 5.87. The zero-order valence-corrected chi connectivity index (χ0v) is 13.7. The fraction of sp³-hybridized carbons (Fsp3) is 1.00. The van der Waals surface area contributed by atoms with Crippen LogP contribution in [-0.4, -0.2) is 33.3 Å². The second-order valence-electron chi connectivity index (χ2n) is 6.78. The minimum Gasteiger partial charge on any atom is -0.314 e. The maximum absolute atomic E-state index is 11.5. The maximum Gasteiger partial charge on any atom is 0.208 e. The van der Waals surface area contributed by atoms with E-state index >= 15 is 0 Å². The van der Waals surface area contributed by atoms with Gasteiger partial charge in [0.1, 0.15) is 0 Å². The molecular formula is C15H30N2O2S. The molecule has 2 N–H and O–H groups in total. The third-order valence-electron chi connectivity index (χ3n) is 5.08. The third kappa shape index (κ3) is 5.01. The SMILES string of the molecule is CC(NCC1CCCCC1NS(C)(=O)=O)C1CCCC1. The standard InChI is InChI=1S/C15H30N2O2S/c1-12(13-7-3-4-8-13)16-11-14-9-5-6-10-15(14)17-20(2,18)19/h12-17H,3-11H2,1-2H3. The maximum atomic E-state index is 11.5. The Morgan fingerprint density at radius 1 is 1.05 bits per heavy atom.